The molecule has 0 bridgehead atoms. The van der Waals surface area contributed by atoms with Crippen molar-refractivity contribution < 1.29 is 4.74 Å². The monoisotopic (exact) mass is 262 g/mol. The maximum Gasteiger partial charge on any atom is 0.123 e. The van der Waals surface area contributed by atoms with Crippen molar-refractivity contribution in [1.29, 1.82) is 0 Å². The number of rotatable bonds is 5. The van der Waals surface area contributed by atoms with Crippen molar-refractivity contribution in [2.75, 3.05) is 7.11 Å². The fraction of sp³-hybridized carbons (Fsp3) is 0.357. The van der Waals surface area contributed by atoms with E-state index in [1.807, 2.05) is 25.1 Å². The zero-order valence-electron chi connectivity index (χ0n) is 10.9. The lowest BCUT2D eigenvalue weighted by Gasteiger charge is -2.16. The third-order valence-corrected chi connectivity index (χ3v) is 3.80. The second-order valence-corrected chi connectivity index (χ2v) is 5.17. The first-order valence-electron chi connectivity index (χ1n) is 5.98. The molecule has 1 heterocycles. The molecule has 2 aromatic rings. The highest BCUT2D eigenvalue weighted by Crippen LogP contribution is 2.24. The van der Waals surface area contributed by atoms with Crippen LogP contribution in [0.25, 0.3) is 0 Å². The van der Waals surface area contributed by atoms with E-state index < -0.39 is 0 Å². The molecule has 0 amide bonds. The Balaban J connectivity index is 2.01. The number of thiazole rings is 1. The number of nitrogens with one attached hydrogen (secondary N) is 1. The Hall–Kier alpha value is -1.39. The van der Waals surface area contributed by atoms with E-state index in [2.05, 4.69) is 28.7 Å². The molecule has 0 fully saturated rings. The molecule has 96 valence electrons. The predicted octanol–water partition coefficient (Wildman–Crippen LogP) is 3.31. The van der Waals surface area contributed by atoms with Gasteiger partial charge in [0, 0.05) is 29.2 Å². The van der Waals surface area contributed by atoms with Crippen molar-refractivity contribution in [3.05, 3.63) is 45.9 Å². The van der Waals surface area contributed by atoms with E-state index >= 15 is 0 Å². The van der Waals surface area contributed by atoms with E-state index in [9.17, 15) is 0 Å². The summed E-state index contributed by atoms with van der Waals surface area (Å²) in [4.78, 5) is 4.44. The van der Waals surface area contributed by atoms with Gasteiger partial charge in [-0.15, -0.1) is 11.3 Å². The van der Waals surface area contributed by atoms with E-state index in [0.29, 0.717) is 0 Å². The number of nitrogens with zero attached hydrogens (tertiary/aromatic N) is 1. The van der Waals surface area contributed by atoms with Crippen molar-refractivity contribution in [1.82, 2.24) is 10.3 Å². The van der Waals surface area contributed by atoms with Gasteiger partial charge in [-0.3, -0.25) is 0 Å². The molecule has 0 radical (unpaired) electrons. The summed E-state index contributed by atoms with van der Waals surface area (Å²) in [5, 5.41) is 6.67. The predicted molar refractivity (Wildman–Crippen MR) is 75.1 cm³/mol. The fourth-order valence-corrected chi connectivity index (χ4v) is 2.58. The summed E-state index contributed by atoms with van der Waals surface area (Å²) >= 11 is 1.69. The SMILES string of the molecule is COc1ccccc1[C@@H](C)NCc1nc(C)cs1. The number of para-hydroxylation sites is 1. The largest absolute Gasteiger partial charge is 0.496 e. The zero-order valence-corrected chi connectivity index (χ0v) is 11.8. The highest BCUT2D eigenvalue weighted by atomic mass is 32.1. The van der Waals surface area contributed by atoms with Gasteiger partial charge in [-0.05, 0) is 19.9 Å². The van der Waals surface area contributed by atoms with E-state index in [4.69, 9.17) is 4.74 Å². The van der Waals surface area contributed by atoms with Crippen LogP contribution in [0.2, 0.25) is 0 Å². The van der Waals surface area contributed by atoms with Crippen LogP contribution in [0.4, 0.5) is 0 Å². The van der Waals surface area contributed by atoms with Crippen LogP contribution in [0.5, 0.6) is 5.75 Å². The van der Waals surface area contributed by atoms with E-state index in [0.717, 1.165) is 23.0 Å². The highest BCUT2D eigenvalue weighted by molar-refractivity contribution is 7.09. The fourth-order valence-electron chi connectivity index (χ4n) is 1.86. The van der Waals surface area contributed by atoms with Crippen LogP contribution in [0.15, 0.2) is 29.6 Å². The van der Waals surface area contributed by atoms with Crippen LogP contribution < -0.4 is 10.1 Å². The minimum absolute atomic E-state index is 0.241. The molecule has 2 rings (SSSR count). The molecule has 1 aromatic carbocycles. The molecule has 0 aliphatic carbocycles. The molecule has 4 heteroatoms. The Morgan fingerprint density at radius 3 is 2.83 bits per heavy atom. The Kier molecular flexibility index (Phi) is 4.33. The van der Waals surface area contributed by atoms with Crippen molar-refractivity contribution in [3.63, 3.8) is 0 Å². The quantitative estimate of drug-likeness (QED) is 0.897. The molecule has 0 aliphatic heterocycles. The van der Waals surface area contributed by atoms with E-state index in [1.54, 1.807) is 18.4 Å². The molecule has 1 aromatic heterocycles. The molecular formula is C14H18N2OS. The lowest BCUT2D eigenvalue weighted by atomic mass is 10.1. The molecule has 0 spiro atoms. The van der Waals surface area contributed by atoms with E-state index in [1.165, 1.54) is 5.56 Å². The lowest BCUT2D eigenvalue weighted by molar-refractivity contribution is 0.401. The van der Waals surface area contributed by atoms with Gasteiger partial charge in [0.1, 0.15) is 10.8 Å². The average molecular weight is 262 g/mol. The maximum absolute atomic E-state index is 5.37. The molecule has 0 aliphatic rings. The first kappa shape index (κ1) is 13.1. The molecule has 0 saturated heterocycles. The van der Waals surface area contributed by atoms with Gasteiger partial charge in [-0.1, -0.05) is 18.2 Å². The number of ether oxygens (including phenoxy) is 1. The summed E-state index contributed by atoms with van der Waals surface area (Å²) in [5.74, 6) is 0.924. The summed E-state index contributed by atoms with van der Waals surface area (Å²) in [6.45, 7) is 4.94. The lowest BCUT2D eigenvalue weighted by Crippen LogP contribution is -2.18. The number of hydrogen-bond donors (Lipinski definition) is 1. The van der Waals surface area contributed by atoms with Crippen LogP contribution in [0, 0.1) is 6.92 Å². The number of hydrogen-bond acceptors (Lipinski definition) is 4. The van der Waals surface area contributed by atoms with Crippen molar-refractivity contribution in [2.24, 2.45) is 0 Å². The molecule has 0 saturated carbocycles. The number of methoxy groups -OCH3 is 1. The zero-order chi connectivity index (χ0) is 13.0. The van der Waals surface area contributed by atoms with Crippen molar-refractivity contribution in [2.45, 2.75) is 26.4 Å². The summed E-state index contributed by atoms with van der Waals surface area (Å²) in [6.07, 6.45) is 0. The maximum atomic E-state index is 5.37. The van der Waals surface area contributed by atoms with Crippen molar-refractivity contribution >= 4 is 11.3 Å². The Morgan fingerprint density at radius 2 is 2.17 bits per heavy atom. The Bertz CT molecular complexity index is 510. The average Bonchev–Trinajstić information content (AvgIpc) is 2.81. The van der Waals surface area contributed by atoms with Crippen LogP contribution in [0.1, 0.15) is 29.2 Å². The summed E-state index contributed by atoms with van der Waals surface area (Å²) in [6, 6.07) is 8.33. The Labute approximate surface area is 112 Å². The van der Waals surface area contributed by atoms with Gasteiger partial charge in [0.2, 0.25) is 0 Å². The minimum Gasteiger partial charge on any atom is -0.496 e. The molecule has 1 N–H and O–H groups in total. The molecule has 18 heavy (non-hydrogen) atoms. The third kappa shape index (κ3) is 3.09. The second kappa shape index (κ2) is 5.98. The molecule has 1 atom stereocenters. The van der Waals surface area contributed by atoms with Crippen LogP contribution in [-0.4, -0.2) is 12.1 Å². The highest BCUT2D eigenvalue weighted by Gasteiger charge is 2.10. The summed E-state index contributed by atoms with van der Waals surface area (Å²) in [5.41, 5.74) is 2.26. The van der Waals surface area contributed by atoms with Gasteiger partial charge in [-0.2, -0.15) is 0 Å². The van der Waals surface area contributed by atoms with Crippen LogP contribution in [0.3, 0.4) is 0 Å². The van der Waals surface area contributed by atoms with Gasteiger partial charge in [-0.25, -0.2) is 4.98 Å². The normalized spacial score (nSPS) is 12.4. The van der Waals surface area contributed by atoms with Gasteiger partial charge >= 0.3 is 0 Å². The number of aromatic nitrogens is 1. The van der Waals surface area contributed by atoms with Crippen LogP contribution in [-0.2, 0) is 6.54 Å². The first-order valence-corrected chi connectivity index (χ1v) is 6.86. The van der Waals surface area contributed by atoms with Gasteiger partial charge in [0.05, 0.1) is 7.11 Å². The standard InChI is InChI=1S/C14H18N2OS/c1-10-9-18-14(16-10)8-15-11(2)12-6-4-5-7-13(12)17-3/h4-7,9,11,15H,8H2,1-3H3/t11-/m1/s1. The number of aryl methyl sites for hydroxylation is 1. The third-order valence-electron chi connectivity index (χ3n) is 2.83. The van der Waals surface area contributed by atoms with Crippen LogP contribution >= 0.6 is 11.3 Å². The number of benzene rings is 1. The van der Waals surface area contributed by atoms with Gasteiger partial charge in [0.15, 0.2) is 0 Å². The van der Waals surface area contributed by atoms with E-state index in [-0.39, 0.29) is 6.04 Å². The summed E-state index contributed by atoms with van der Waals surface area (Å²) in [7, 11) is 1.70. The van der Waals surface area contributed by atoms with Gasteiger partial charge < -0.3 is 10.1 Å². The summed E-state index contributed by atoms with van der Waals surface area (Å²) < 4.78 is 5.37. The first-order chi connectivity index (χ1) is 8.70. The molecule has 3 nitrogen and oxygen atoms in total. The Morgan fingerprint density at radius 1 is 1.39 bits per heavy atom. The topological polar surface area (TPSA) is 34.1 Å². The second-order valence-electron chi connectivity index (χ2n) is 4.23. The van der Waals surface area contributed by atoms with Crippen molar-refractivity contribution in [3.8, 4) is 5.75 Å². The molecular weight excluding hydrogens is 244 g/mol. The molecule has 0 unspecified atom stereocenters. The minimum atomic E-state index is 0.241. The smallest absolute Gasteiger partial charge is 0.123 e. The van der Waals surface area contributed by atoms with Gasteiger partial charge in [0.25, 0.3) is 0 Å².